The Bertz CT molecular complexity index is 165. The van der Waals surface area contributed by atoms with Gasteiger partial charge in [0.1, 0.15) is 18.3 Å². The minimum Gasteiger partial charge on any atom is -0.395 e. The Labute approximate surface area is 75.4 Å². The maximum Gasteiger partial charge on any atom is 0.110 e. The zero-order chi connectivity index (χ0) is 10.0. The van der Waals surface area contributed by atoms with E-state index in [4.69, 9.17) is 5.11 Å². The first-order chi connectivity index (χ1) is 6.07. The van der Waals surface area contributed by atoms with Crippen molar-refractivity contribution in [2.75, 3.05) is 13.2 Å². The molecule has 0 bridgehead atoms. The van der Waals surface area contributed by atoms with Crippen LogP contribution in [0.2, 0.25) is 0 Å². The quantitative estimate of drug-likeness (QED) is 0.256. The van der Waals surface area contributed by atoms with Crippen LogP contribution in [0.3, 0.4) is 0 Å². The van der Waals surface area contributed by atoms with E-state index in [9.17, 15) is 20.4 Å². The number of hydrogen-bond donors (Lipinski definition) is 6. The molecular formula is C7H15NO5. The van der Waals surface area contributed by atoms with Gasteiger partial charge in [0.05, 0.1) is 18.8 Å². The van der Waals surface area contributed by atoms with Crippen LogP contribution < -0.4 is 5.32 Å². The van der Waals surface area contributed by atoms with E-state index in [2.05, 4.69) is 5.32 Å². The average molecular weight is 193 g/mol. The second-order valence-corrected chi connectivity index (χ2v) is 3.24. The van der Waals surface area contributed by atoms with E-state index in [1.165, 1.54) is 0 Å². The van der Waals surface area contributed by atoms with Crippen molar-refractivity contribution in [2.45, 2.75) is 30.5 Å². The van der Waals surface area contributed by atoms with Crippen molar-refractivity contribution in [3.8, 4) is 0 Å². The lowest BCUT2D eigenvalue weighted by Crippen LogP contribution is -2.48. The van der Waals surface area contributed by atoms with Crippen LogP contribution in [0.25, 0.3) is 0 Å². The van der Waals surface area contributed by atoms with Crippen LogP contribution in [-0.4, -0.2) is 69.1 Å². The predicted molar refractivity (Wildman–Crippen MR) is 42.9 cm³/mol. The fourth-order valence-corrected chi connectivity index (χ4v) is 1.35. The molecule has 78 valence electrons. The van der Waals surface area contributed by atoms with Crippen molar-refractivity contribution in [3.63, 3.8) is 0 Å². The van der Waals surface area contributed by atoms with E-state index in [-0.39, 0.29) is 13.2 Å². The zero-order valence-electron chi connectivity index (χ0n) is 7.04. The maximum atomic E-state index is 9.36. The number of nitrogens with one attached hydrogen (secondary N) is 1. The summed E-state index contributed by atoms with van der Waals surface area (Å²) in [4.78, 5) is 0. The number of rotatable bonds is 1. The van der Waals surface area contributed by atoms with E-state index in [0.717, 1.165) is 0 Å². The highest BCUT2D eigenvalue weighted by Gasteiger charge is 2.37. The Morgan fingerprint density at radius 3 is 2.15 bits per heavy atom. The monoisotopic (exact) mass is 193 g/mol. The molecule has 0 unspecified atom stereocenters. The van der Waals surface area contributed by atoms with Gasteiger partial charge in [-0.1, -0.05) is 0 Å². The van der Waals surface area contributed by atoms with Crippen LogP contribution in [0, 0.1) is 0 Å². The third-order valence-corrected chi connectivity index (χ3v) is 2.29. The smallest absolute Gasteiger partial charge is 0.110 e. The normalized spacial score (nSPS) is 47.3. The van der Waals surface area contributed by atoms with Gasteiger partial charge in [-0.15, -0.1) is 0 Å². The van der Waals surface area contributed by atoms with Gasteiger partial charge < -0.3 is 30.8 Å². The van der Waals surface area contributed by atoms with Crippen LogP contribution in [0.5, 0.6) is 0 Å². The van der Waals surface area contributed by atoms with E-state index >= 15 is 0 Å². The first kappa shape index (κ1) is 10.8. The standard InChI is InChI=1S/C7H15NO5/c9-2-3-5(11)7(13)6(12)4(10)1-8-3/h3-13H,1-2H2/t3-,4-,5-,6-,7-/m1/s1. The number of aliphatic hydroxyl groups excluding tert-OH is 5. The molecular weight excluding hydrogens is 178 g/mol. The van der Waals surface area contributed by atoms with Crippen molar-refractivity contribution >= 4 is 0 Å². The average Bonchev–Trinajstić information content (AvgIpc) is 2.22. The SMILES string of the molecule is OC[C@H]1NC[C@@H](O)[C@@H](O)[C@H](O)[C@@H]1O. The lowest BCUT2D eigenvalue weighted by molar-refractivity contribution is -0.0980. The maximum absolute atomic E-state index is 9.36. The molecule has 1 aliphatic rings. The van der Waals surface area contributed by atoms with Gasteiger partial charge in [0.25, 0.3) is 0 Å². The molecule has 1 aliphatic heterocycles. The van der Waals surface area contributed by atoms with Crippen LogP contribution in [-0.2, 0) is 0 Å². The molecule has 0 aromatic carbocycles. The highest BCUT2D eigenvalue weighted by molar-refractivity contribution is 4.92. The van der Waals surface area contributed by atoms with Gasteiger partial charge >= 0.3 is 0 Å². The summed E-state index contributed by atoms with van der Waals surface area (Å²) in [6.07, 6.45) is -5.25. The minimum absolute atomic E-state index is 0.0283. The zero-order valence-corrected chi connectivity index (χ0v) is 7.04. The molecule has 1 saturated heterocycles. The van der Waals surface area contributed by atoms with E-state index in [1.807, 2.05) is 0 Å². The fourth-order valence-electron chi connectivity index (χ4n) is 1.35. The first-order valence-electron chi connectivity index (χ1n) is 4.14. The number of β-amino-alcohol motifs (C(OH)–C–C–N with tert-alkyl or cyclic N) is 1. The van der Waals surface area contributed by atoms with Crippen LogP contribution in [0.1, 0.15) is 0 Å². The van der Waals surface area contributed by atoms with Crippen molar-refractivity contribution in [2.24, 2.45) is 0 Å². The lowest BCUT2D eigenvalue weighted by atomic mass is 10.0. The highest BCUT2D eigenvalue weighted by atomic mass is 16.4. The second kappa shape index (κ2) is 4.32. The van der Waals surface area contributed by atoms with Gasteiger partial charge in [-0.25, -0.2) is 0 Å². The van der Waals surface area contributed by atoms with Crippen molar-refractivity contribution in [3.05, 3.63) is 0 Å². The molecule has 0 aliphatic carbocycles. The Kier molecular flexibility index (Phi) is 3.60. The Morgan fingerprint density at radius 2 is 1.62 bits per heavy atom. The van der Waals surface area contributed by atoms with Gasteiger partial charge in [0, 0.05) is 6.54 Å². The summed E-state index contributed by atoms with van der Waals surface area (Å²) < 4.78 is 0. The molecule has 6 nitrogen and oxygen atoms in total. The van der Waals surface area contributed by atoms with Crippen LogP contribution >= 0.6 is 0 Å². The van der Waals surface area contributed by atoms with Gasteiger partial charge in [0.2, 0.25) is 0 Å². The summed E-state index contributed by atoms with van der Waals surface area (Å²) in [7, 11) is 0. The Morgan fingerprint density at radius 1 is 1.00 bits per heavy atom. The van der Waals surface area contributed by atoms with Gasteiger partial charge in [-0.3, -0.25) is 0 Å². The van der Waals surface area contributed by atoms with E-state index < -0.39 is 30.5 Å². The van der Waals surface area contributed by atoms with Crippen LogP contribution in [0.15, 0.2) is 0 Å². The highest BCUT2D eigenvalue weighted by Crippen LogP contribution is 2.11. The summed E-state index contributed by atoms with van der Waals surface area (Å²) in [5.41, 5.74) is 0. The predicted octanol–water partition coefficient (Wildman–Crippen LogP) is -3.61. The molecule has 1 heterocycles. The molecule has 0 aromatic heterocycles. The first-order valence-corrected chi connectivity index (χ1v) is 4.14. The van der Waals surface area contributed by atoms with Gasteiger partial charge in [0.15, 0.2) is 0 Å². The molecule has 5 atom stereocenters. The van der Waals surface area contributed by atoms with Crippen LogP contribution in [0.4, 0.5) is 0 Å². The largest absolute Gasteiger partial charge is 0.395 e. The third kappa shape index (κ3) is 2.16. The van der Waals surface area contributed by atoms with Gasteiger partial charge in [-0.05, 0) is 0 Å². The lowest BCUT2D eigenvalue weighted by Gasteiger charge is -2.24. The number of aliphatic hydroxyl groups is 5. The molecule has 1 rings (SSSR count). The molecule has 6 heteroatoms. The summed E-state index contributed by atoms with van der Waals surface area (Å²) in [6, 6.07) is -0.721. The van der Waals surface area contributed by atoms with Crippen molar-refractivity contribution in [1.82, 2.24) is 5.32 Å². The van der Waals surface area contributed by atoms with Gasteiger partial charge in [-0.2, -0.15) is 0 Å². The molecule has 0 radical (unpaired) electrons. The molecule has 0 saturated carbocycles. The van der Waals surface area contributed by atoms with Crippen molar-refractivity contribution < 1.29 is 25.5 Å². The topological polar surface area (TPSA) is 113 Å². The summed E-state index contributed by atoms with van der Waals surface area (Å²) in [6.45, 7) is -0.335. The molecule has 0 aromatic rings. The molecule has 0 spiro atoms. The molecule has 13 heavy (non-hydrogen) atoms. The molecule has 1 fully saturated rings. The fraction of sp³-hybridized carbons (Fsp3) is 1.00. The summed E-state index contributed by atoms with van der Waals surface area (Å²) >= 11 is 0. The summed E-state index contributed by atoms with van der Waals surface area (Å²) in [5, 5.41) is 48.5. The Hall–Kier alpha value is -0.240. The minimum atomic E-state index is -1.44. The van der Waals surface area contributed by atoms with E-state index in [1.54, 1.807) is 0 Å². The second-order valence-electron chi connectivity index (χ2n) is 3.24. The third-order valence-electron chi connectivity index (χ3n) is 2.29. The van der Waals surface area contributed by atoms with Crippen molar-refractivity contribution in [1.29, 1.82) is 0 Å². The van der Waals surface area contributed by atoms with E-state index in [0.29, 0.717) is 0 Å². The number of hydrogen-bond acceptors (Lipinski definition) is 6. The Balaban J connectivity index is 2.69. The molecule has 6 N–H and O–H groups in total. The summed E-state index contributed by atoms with van der Waals surface area (Å²) in [5.74, 6) is 0. The molecule has 0 amide bonds.